The Labute approximate surface area is 204 Å². The van der Waals surface area contributed by atoms with Crippen LogP contribution in [0, 0.1) is 25.2 Å². The summed E-state index contributed by atoms with van der Waals surface area (Å²) in [7, 11) is 0. The van der Waals surface area contributed by atoms with Crippen LogP contribution in [0.1, 0.15) is 22.7 Å². The van der Waals surface area contributed by atoms with E-state index >= 15 is 0 Å². The lowest BCUT2D eigenvalue weighted by Gasteiger charge is -2.48. The third-order valence-electron chi connectivity index (χ3n) is 6.20. The number of benzene rings is 3. The van der Waals surface area contributed by atoms with Crippen LogP contribution in [-0.4, -0.2) is 24.1 Å². The van der Waals surface area contributed by atoms with E-state index in [1.54, 1.807) is 11.8 Å². The van der Waals surface area contributed by atoms with Gasteiger partial charge in [-0.05, 0) is 55.8 Å². The molecule has 33 heavy (non-hydrogen) atoms. The summed E-state index contributed by atoms with van der Waals surface area (Å²) >= 11 is 7.92. The first-order chi connectivity index (χ1) is 16.0. The lowest BCUT2D eigenvalue weighted by Crippen LogP contribution is -2.51. The minimum absolute atomic E-state index is 0.153. The molecular formula is C27H25ClN4S. The lowest BCUT2D eigenvalue weighted by atomic mass is 9.96. The van der Waals surface area contributed by atoms with Gasteiger partial charge in [0.25, 0.3) is 0 Å². The molecule has 0 aromatic heterocycles. The van der Waals surface area contributed by atoms with Crippen LogP contribution in [0.3, 0.4) is 0 Å². The minimum Gasteiger partial charge on any atom is -0.344 e. The zero-order chi connectivity index (χ0) is 22.9. The van der Waals surface area contributed by atoms with Crippen LogP contribution in [0.4, 0.5) is 11.4 Å². The van der Waals surface area contributed by atoms with Gasteiger partial charge in [0.05, 0.1) is 35.9 Å². The summed E-state index contributed by atoms with van der Waals surface area (Å²) in [5.74, 6) is 0.817. The van der Waals surface area contributed by atoms with Crippen molar-refractivity contribution < 1.29 is 0 Å². The number of fused-ring (bicyclic) bond motifs is 1. The Hall–Kier alpha value is -3.07. The van der Waals surface area contributed by atoms with E-state index in [2.05, 4.69) is 83.1 Å². The van der Waals surface area contributed by atoms with Gasteiger partial charge in [-0.25, -0.2) is 0 Å². The van der Waals surface area contributed by atoms with E-state index in [1.807, 2.05) is 24.3 Å². The Kier molecular flexibility index (Phi) is 5.97. The number of hydrogen-bond donors (Lipinski definition) is 0. The molecule has 0 radical (unpaired) electrons. The molecule has 6 heteroatoms. The van der Waals surface area contributed by atoms with E-state index in [1.165, 1.54) is 16.8 Å². The molecule has 0 unspecified atom stereocenters. The molecule has 0 bridgehead atoms. The van der Waals surface area contributed by atoms with Crippen molar-refractivity contribution in [1.29, 1.82) is 5.26 Å². The number of thioether (sulfide) groups is 1. The van der Waals surface area contributed by atoms with Crippen LogP contribution >= 0.6 is 23.4 Å². The van der Waals surface area contributed by atoms with Crippen molar-refractivity contribution in [3.8, 4) is 6.07 Å². The van der Waals surface area contributed by atoms with Crippen molar-refractivity contribution in [2.24, 2.45) is 0 Å². The van der Waals surface area contributed by atoms with E-state index in [0.717, 1.165) is 34.4 Å². The van der Waals surface area contributed by atoms with Gasteiger partial charge >= 0.3 is 0 Å². The van der Waals surface area contributed by atoms with Gasteiger partial charge in [0, 0.05) is 16.4 Å². The largest absolute Gasteiger partial charge is 0.344 e. The van der Waals surface area contributed by atoms with Crippen molar-refractivity contribution >= 4 is 34.7 Å². The molecule has 1 saturated heterocycles. The zero-order valence-corrected chi connectivity index (χ0v) is 20.3. The highest BCUT2D eigenvalue weighted by molar-refractivity contribution is 8.03. The third-order valence-corrected chi connectivity index (χ3v) is 7.64. The fraction of sp³-hybridized carbons (Fsp3) is 0.222. The molecule has 0 saturated carbocycles. The van der Waals surface area contributed by atoms with Crippen LogP contribution in [0.2, 0.25) is 5.02 Å². The average Bonchev–Trinajstić information content (AvgIpc) is 2.84. The molecule has 0 N–H and O–H groups in total. The van der Waals surface area contributed by atoms with Crippen LogP contribution in [-0.2, 0) is 0 Å². The normalized spacial score (nSPS) is 18.2. The highest BCUT2D eigenvalue weighted by atomic mass is 35.5. The van der Waals surface area contributed by atoms with E-state index in [9.17, 15) is 5.26 Å². The van der Waals surface area contributed by atoms with E-state index in [-0.39, 0.29) is 6.04 Å². The predicted molar refractivity (Wildman–Crippen MR) is 138 cm³/mol. The van der Waals surface area contributed by atoms with Gasteiger partial charge in [-0.15, -0.1) is 0 Å². The maximum absolute atomic E-state index is 10.3. The van der Waals surface area contributed by atoms with Crippen LogP contribution in [0.15, 0.2) is 83.4 Å². The maximum atomic E-state index is 10.3. The van der Waals surface area contributed by atoms with Crippen LogP contribution < -0.4 is 9.80 Å². The summed E-state index contributed by atoms with van der Waals surface area (Å²) in [5, 5.41) is 12.1. The molecule has 1 fully saturated rings. The Morgan fingerprint density at radius 2 is 1.42 bits per heavy atom. The van der Waals surface area contributed by atoms with Crippen molar-refractivity contribution in [2.45, 2.75) is 19.9 Å². The van der Waals surface area contributed by atoms with Crippen molar-refractivity contribution in [3.05, 3.63) is 105 Å². The molecule has 0 aliphatic carbocycles. The molecule has 2 heterocycles. The first-order valence-corrected chi connectivity index (χ1v) is 12.3. The van der Waals surface area contributed by atoms with E-state index in [4.69, 9.17) is 11.6 Å². The molecule has 4 nitrogen and oxygen atoms in total. The zero-order valence-electron chi connectivity index (χ0n) is 18.7. The van der Waals surface area contributed by atoms with Crippen molar-refractivity contribution in [1.82, 2.24) is 4.90 Å². The fourth-order valence-electron chi connectivity index (χ4n) is 4.42. The third kappa shape index (κ3) is 4.29. The monoisotopic (exact) mass is 472 g/mol. The predicted octanol–water partition coefficient (Wildman–Crippen LogP) is 6.68. The smallest absolute Gasteiger partial charge is 0.100 e. The van der Waals surface area contributed by atoms with Gasteiger partial charge in [-0.3, -0.25) is 0 Å². The molecule has 1 atom stereocenters. The first-order valence-electron chi connectivity index (χ1n) is 11.0. The SMILES string of the molecule is Cc1ccc(N2CSC3=C(C#N)[C@@H](c4ccc(Cl)cc4)N(c4ccc(C)cc4)CN3C2)cc1. The topological polar surface area (TPSA) is 33.5 Å². The molecule has 2 aliphatic heterocycles. The number of hydrogen-bond acceptors (Lipinski definition) is 5. The van der Waals surface area contributed by atoms with E-state index < -0.39 is 0 Å². The molecule has 3 aromatic rings. The van der Waals surface area contributed by atoms with Gasteiger partial charge < -0.3 is 14.7 Å². The Morgan fingerprint density at radius 1 is 0.818 bits per heavy atom. The van der Waals surface area contributed by atoms with Gasteiger partial charge in [-0.1, -0.05) is 70.9 Å². The van der Waals surface area contributed by atoms with Gasteiger partial charge in [0.2, 0.25) is 0 Å². The van der Waals surface area contributed by atoms with Crippen molar-refractivity contribution in [2.75, 3.05) is 29.0 Å². The molecule has 5 rings (SSSR count). The molecule has 3 aromatic carbocycles. The lowest BCUT2D eigenvalue weighted by molar-refractivity contribution is 0.326. The number of rotatable bonds is 3. The highest BCUT2D eigenvalue weighted by Crippen LogP contribution is 2.44. The molecule has 0 spiro atoms. The second kappa shape index (κ2) is 9.05. The number of halogens is 1. The molecular weight excluding hydrogens is 448 g/mol. The molecule has 2 aliphatic rings. The summed E-state index contributed by atoms with van der Waals surface area (Å²) in [6, 6.07) is 27.5. The Morgan fingerprint density at radius 3 is 2.03 bits per heavy atom. The van der Waals surface area contributed by atoms with Crippen molar-refractivity contribution in [3.63, 3.8) is 0 Å². The molecule has 0 amide bonds. The summed E-state index contributed by atoms with van der Waals surface area (Å²) in [6.45, 7) is 5.64. The summed E-state index contributed by atoms with van der Waals surface area (Å²) < 4.78 is 0. The average molecular weight is 473 g/mol. The fourth-order valence-corrected chi connectivity index (χ4v) is 5.66. The number of nitrogens with zero attached hydrogens (tertiary/aromatic N) is 4. The quantitative estimate of drug-likeness (QED) is 0.424. The van der Waals surface area contributed by atoms with Gasteiger partial charge in [0.15, 0.2) is 0 Å². The summed E-state index contributed by atoms with van der Waals surface area (Å²) in [6.07, 6.45) is 0. The van der Waals surface area contributed by atoms with Gasteiger partial charge in [-0.2, -0.15) is 5.26 Å². The summed E-state index contributed by atoms with van der Waals surface area (Å²) in [5.41, 5.74) is 6.64. The van der Waals surface area contributed by atoms with Crippen LogP contribution in [0.5, 0.6) is 0 Å². The summed E-state index contributed by atoms with van der Waals surface area (Å²) in [4.78, 5) is 7.00. The number of nitriles is 1. The highest BCUT2D eigenvalue weighted by Gasteiger charge is 2.38. The van der Waals surface area contributed by atoms with E-state index in [0.29, 0.717) is 11.7 Å². The molecule has 166 valence electrons. The van der Waals surface area contributed by atoms with Crippen LogP contribution in [0.25, 0.3) is 0 Å². The number of anilines is 2. The second-order valence-electron chi connectivity index (χ2n) is 8.56. The number of aryl methyl sites for hydroxylation is 2. The van der Waals surface area contributed by atoms with Gasteiger partial charge in [0.1, 0.15) is 6.07 Å². The first kappa shape index (κ1) is 21.8. The standard InChI is InChI=1S/C27H25ClN4S/c1-19-3-11-23(12-4-19)31-16-30-17-32(24-13-5-20(2)6-14-24)26(21-7-9-22(28)10-8-21)25(15-29)27(30)33-18-31/h3-14,26H,16-18H2,1-2H3/t26-/m1/s1. The second-order valence-corrected chi connectivity index (χ2v) is 9.93. The Bertz CT molecular complexity index is 1210. The Balaban J connectivity index is 1.56. The maximum Gasteiger partial charge on any atom is 0.100 e. The minimum atomic E-state index is -0.153.